The van der Waals surface area contributed by atoms with Crippen LogP contribution in [0, 0.1) is 0 Å². The summed E-state index contributed by atoms with van der Waals surface area (Å²) >= 11 is 0. The Morgan fingerprint density at radius 3 is 2.20 bits per heavy atom. The monoisotopic (exact) mass is 154 g/mol. The maximum Gasteiger partial charge on any atom is 0.304 e. The fourth-order valence-corrected chi connectivity index (χ4v) is 0.526. The molecule has 0 rings (SSSR count). The van der Waals surface area contributed by atoms with E-state index in [9.17, 15) is 13.2 Å². The van der Waals surface area contributed by atoms with Gasteiger partial charge in [0.2, 0.25) is 0 Å². The Morgan fingerprint density at radius 2 is 1.90 bits per heavy atom. The van der Waals surface area contributed by atoms with Gasteiger partial charge in [-0.25, -0.2) is 4.39 Å². The zero-order valence-electron chi connectivity index (χ0n) is 5.57. The molecule has 4 heteroatoms. The quantitative estimate of drug-likeness (QED) is 0.660. The first-order chi connectivity index (χ1) is 4.59. The zero-order chi connectivity index (χ0) is 8.15. The molecule has 1 N–H and O–H groups in total. The largest absolute Gasteiger partial charge is 0.386 e. The summed E-state index contributed by atoms with van der Waals surface area (Å²) in [6.07, 6.45) is -3.55. The van der Waals surface area contributed by atoms with Gasteiger partial charge in [0.1, 0.15) is 6.10 Å². The van der Waals surface area contributed by atoms with Crippen LogP contribution >= 0.6 is 0 Å². The fourth-order valence-electron chi connectivity index (χ4n) is 0.526. The zero-order valence-corrected chi connectivity index (χ0v) is 5.57. The molecule has 0 amide bonds. The van der Waals surface area contributed by atoms with Crippen molar-refractivity contribution in [3.05, 3.63) is 11.9 Å². The highest BCUT2D eigenvalue weighted by Crippen LogP contribution is 2.16. The predicted molar refractivity (Wildman–Crippen MR) is 31.3 cm³/mol. The van der Waals surface area contributed by atoms with Crippen LogP contribution in [-0.4, -0.2) is 11.2 Å². The molecule has 0 aliphatic heterocycles. The molecular formula is C6H9F3O. The summed E-state index contributed by atoms with van der Waals surface area (Å²) in [5.41, 5.74) is 0. The van der Waals surface area contributed by atoms with Crippen molar-refractivity contribution in [2.45, 2.75) is 25.9 Å². The molecule has 0 bridgehead atoms. The van der Waals surface area contributed by atoms with E-state index in [1.54, 1.807) is 6.92 Å². The van der Waals surface area contributed by atoms with Gasteiger partial charge in [-0.15, -0.1) is 0 Å². The van der Waals surface area contributed by atoms with E-state index in [0.29, 0.717) is 6.42 Å². The van der Waals surface area contributed by atoms with Crippen LogP contribution in [0.3, 0.4) is 0 Å². The molecule has 1 nitrogen and oxygen atoms in total. The molecular weight excluding hydrogens is 145 g/mol. The average Bonchev–Trinajstić information content (AvgIpc) is 1.87. The number of aliphatic hydroxyl groups is 1. The lowest BCUT2D eigenvalue weighted by atomic mass is 10.2. The molecule has 0 aromatic carbocycles. The molecule has 60 valence electrons. The summed E-state index contributed by atoms with van der Waals surface area (Å²) in [6, 6.07) is 0. The van der Waals surface area contributed by atoms with Crippen molar-refractivity contribution < 1.29 is 18.3 Å². The van der Waals surface area contributed by atoms with Crippen LogP contribution in [0.15, 0.2) is 11.9 Å². The van der Waals surface area contributed by atoms with Crippen LogP contribution in [0.4, 0.5) is 13.2 Å². The molecule has 0 heterocycles. The van der Waals surface area contributed by atoms with Crippen molar-refractivity contribution in [1.82, 2.24) is 0 Å². The van der Waals surface area contributed by atoms with Gasteiger partial charge >= 0.3 is 6.08 Å². The summed E-state index contributed by atoms with van der Waals surface area (Å²) in [7, 11) is 0. The standard InChI is InChI=1S/C6H9F3O/c1-2-3-4(10)5(7)6(8)9/h4,10H,2-3H2,1H3. The maximum atomic E-state index is 12.0. The van der Waals surface area contributed by atoms with E-state index in [-0.39, 0.29) is 6.42 Å². The van der Waals surface area contributed by atoms with E-state index >= 15 is 0 Å². The molecule has 0 saturated heterocycles. The Kier molecular flexibility index (Phi) is 4.11. The van der Waals surface area contributed by atoms with E-state index in [1.807, 2.05) is 0 Å². The van der Waals surface area contributed by atoms with Crippen molar-refractivity contribution in [2.75, 3.05) is 0 Å². The normalized spacial score (nSPS) is 12.9. The van der Waals surface area contributed by atoms with Crippen molar-refractivity contribution >= 4 is 0 Å². The SMILES string of the molecule is CCCC(O)C(F)=C(F)F. The molecule has 0 aliphatic carbocycles. The molecule has 0 aromatic rings. The number of rotatable bonds is 3. The molecule has 0 spiro atoms. The van der Waals surface area contributed by atoms with E-state index < -0.39 is 18.0 Å². The lowest BCUT2D eigenvalue weighted by Crippen LogP contribution is -2.06. The third-order valence-corrected chi connectivity index (χ3v) is 1.04. The summed E-state index contributed by atoms with van der Waals surface area (Å²) in [5, 5.41) is 8.58. The third kappa shape index (κ3) is 2.87. The van der Waals surface area contributed by atoms with Gasteiger partial charge in [0.05, 0.1) is 0 Å². The summed E-state index contributed by atoms with van der Waals surface area (Å²) in [6.45, 7) is 1.67. The van der Waals surface area contributed by atoms with Crippen LogP contribution in [0.1, 0.15) is 19.8 Å². The van der Waals surface area contributed by atoms with E-state index in [1.165, 1.54) is 0 Å². The minimum Gasteiger partial charge on any atom is -0.386 e. The third-order valence-electron chi connectivity index (χ3n) is 1.04. The second kappa shape index (κ2) is 4.33. The first kappa shape index (κ1) is 9.49. The van der Waals surface area contributed by atoms with Gasteiger partial charge in [-0.1, -0.05) is 13.3 Å². The first-order valence-corrected chi connectivity index (χ1v) is 2.98. The summed E-state index contributed by atoms with van der Waals surface area (Å²) in [5.74, 6) is -1.71. The number of hydrogen-bond donors (Lipinski definition) is 1. The molecule has 0 radical (unpaired) electrons. The lowest BCUT2D eigenvalue weighted by molar-refractivity contribution is 0.158. The minimum absolute atomic E-state index is 0.0309. The van der Waals surface area contributed by atoms with Gasteiger partial charge in [0.25, 0.3) is 0 Å². The molecule has 0 aromatic heterocycles. The molecule has 0 aliphatic rings. The summed E-state index contributed by atoms with van der Waals surface area (Å²) in [4.78, 5) is 0. The van der Waals surface area contributed by atoms with Crippen LogP contribution in [0.25, 0.3) is 0 Å². The van der Waals surface area contributed by atoms with Crippen molar-refractivity contribution in [3.63, 3.8) is 0 Å². The minimum atomic E-state index is -2.43. The number of halogens is 3. The van der Waals surface area contributed by atoms with Gasteiger partial charge in [0, 0.05) is 0 Å². The Bertz CT molecular complexity index is 129. The fraction of sp³-hybridized carbons (Fsp3) is 0.667. The second-order valence-corrected chi connectivity index (χ2v) is 1.91. The topological polar surface area (TPSA) is 20.2 Å². The Labute approximate surface area is 57.2 Å². The first-order valence-electron chi connectivity index (χ1n) is 2.98. The van der Waals surface area contributed by atoms with Gasteiger partial charge < -0.3 is 5.11 Å². The van der Waals surface area contributed by atoms with Gasteiger partial charge in [-0.2, -0.15) is 8.78 Å². The summed E-state index contributed by atoms with van der Waals surface area (Å²) < 4.78 is 34.7. The van der Waals surface area contributed by atoms with Crippen LogP contribution in [0.2, 0.25) is 0 Å². The van der Waals surface area contributed by atoms with Crippen LogP contribution in [0.5, 0.6) is 0 Å². The lowest BCUT2D eigenvalue weighted by Gasteiger charge is -2.03. The van der Waals surface area contributed by atoms with E-state index in [4.69, 9.17) is 5.11 Å². The Hall–Kier alpha value is -0.510. The number of hydrogen-bond acceptors (Lipinski definition) is 1. The van der Waals surface area contributed by atoms with Gasteiger partial charge in [-0.05, 0) is 6.42 Å². The van der Waals surface area contributed by atoms with Gasteiger partial charge in [0.15, 0.2) is 5.83 Å². The Balaban J connectivity index is 3.94. The Morgan fingerprint density at radius 1 is 1.40 bits per heavy atom. The molecule has 0 saturated carbocycles. The van der Waals surface area contributed by atoms with E-state index in [0.717, 1.165) is 0 Å². The van der Waals surface area contributed by atoms with Crippen LogP contribution < -0.4 is 0 Å². The number of aliphatic hydroxyl groups excluding tert-OH is 1. The molecule has 1 unspecified atom stereocenters. The van der Waals surface area contributed by atoms with Crippen molar-refractivity contribution in [2.24, 2.45) is 0 Å². The second-order valence-electron chi connectivity index (χ2n) is 1.91. The van der Waals surface area contributed by atoms with Crippen LogP contribution in [-0.2, 0) is 0 Å². The maximum absolute atomic E-state index is 12.0. The molecule has 1 atom stereocenters. The van der Waals surface area contributed by atoms with Crippen molar-refractivity contribution in [3.8, 4) is 0 Å². The molecule has 10 heavy (non-hydrogen) atoms. The highest BCUT2D eigenvalue weighted by atomic mass is 19.3. The molecule has 0 fully saturated rings. The predicted octanol–water partition coefficient (Wildman–Crippen LogP) is 2.23. The highest BCUT2D eigenvalue weighted by molar-refractivity contribution is 4.97. The average molecular weight is 154 g/mol. The van der Waals surface area contributed by atoms with Gasteiger partial charge in [-0.3, -0.25) is 0 Å². The smallest absolute Gasteiger partial charge is 0.304 e. The highest BCUT2D eigenvalue weighted by Gasteiger charge is 2.14. The van der Waals surface area contributed by atoms with E-state index in [2.05, 4.69) is 0 Å². The van der Waals surface area contributed by atoms with Crippen molar-refractivity contribution in [1.29, 1.82) is 0 Å².